The maximum absolute atomic E-state index is 11.9. The van der Waals surface area contributed by atoms with Gasteiger partial charge in [-0.05, 0) is 26.5 Å². The lowest BCUT2D eigenvalue weighted by Crippen LogP contribution is -2.33. The first-order valence-electron chi connectivity index (χ1n) is 16.2. The number of aromatic nitrogens is 2. The van der Waals surface area contributed by atoms with Crippen molar-refractivity contribution in [3.63, 3.8) is 0 Å². The highest BCUT2D eigenvalue weighted by atomic mass is 32.2. The van der Waals surface area contributed by atoms with E-state index in [0.29, 0.717) is 17.4 Å². The molecule has 1 N–H and O–H groups in total. The van der Waals surface area contributed by atoms with Crippen LogP contribution >= 0.6 is 0 Å². The lowest BCUT2D eigenvalue weighted by molar-refractivity contribution is -0.123. The van der Waals surface area contributed by atoms with E-state index in [0.717, 1.165) is 13.1 Å². The minimum atomic E-state index is -4.12. The van der Waals surface area contributed by atoms with Crippen molar-refractivity contribution >= 4 is 21.7 Å². The van der Waals surface area contributed by atoms with Crippen LogP contribution in [0.3, 0.4) is 0 Å². The second-order valence-electron chi connectivity index (χ2n) is 7.13. The van der Waals surface area contributed by atoms with Crippen LogP contribution in [0.15, 0.2) is 66.9 Å². The SMILES string of the molecule is [2H]C([2H])([2H])C([2H])(C)N(c1cnc(-c2ccccc2)c(-c2ccccc2)n1)C([2H])([2H])C([2H])([2H])C([2H])([2H])C([2H])([2H])OCC(=O)NS(C)(=O)=O. The van der Waals surface area contributed by atoms with E-state index < -0.39 is 67.0 Å². The van der Waals surface area contributed by atoms with Gasteiger partial charge in [0.2, 0.25) is 10.0 Å². The number of carbonyl (C=O) groups is 1. The van der Waals surface area contributed by atoms with Gasteiger partial charge >= 0.3 is 0 Å². The highest BCUT2D eigenvalue weighted by Crippen LogP contribution is 2.30. The number of hydrogen-bond donors (Lipinski definition) is 1. The average molecular weight is 509 g/mol. The molecule has 0 aliphatic heterocycles. The molecule has 0 bridgehead atoms. The van der Waals surface area contributed by atoms with E-state index in [1.54, 1.807) is 60.7 Å². The predicted molar refractivity (Wildman–Crippen MR) is 138 cm³/mol. The van der Waals surface area contributed by atoms with Crippen LogP contribution in [0.1, 0.15) is 43.0 Å². The van der Waals surface area contributed by atoms with Crippen LogP contribution in [-0.2, 0) is 19.6 Å². The summed E-state index contributed by atoms with van der Waals surface area (Å²) in [7, 11) is -4.12. The number of anilines is 1. The van der Waals surface area contributed by atoms with Crippen molar-refractivity contribution in [2.45, 2.75) is 32.5 Å². The standard InChI is InChI=1S/C26H32N4O4S/c1-20(2)30(16-10-11-17-34-19-24(31)29-35(3,32)33)23-18-27-25(21-12-6-4-7-13-21)26(28-23)22-14-8-5-9-15-22/h4-9,12-15,18,20H,10-11,16-17,19H2,1-3H3,(H,29,31)/i1D3,10D2,11D2,16D2,17D2,20D. The Balaban J connectivity index is 2.24. The first kappa shape index (κ1) is 14.3. The smallest absolute Gasteiger partial charge is 0.259 e. The van der Waals surface area contributed by atoms with Crippen LogP contribution in [0.5, 0.6) is 0 Å². The molecule has 3 rings (SSSR count). The highest BCUT2D eigenvalue weighted by Gasteiger charge is 2.17. The average Bonchev–Trinajstić information content (AvgIpc) is 2.95. The first-order valence-corrected chi connectivity index (χ1v) is 12.1. The molecule has 1 unspecified atom stereocenters. The van der Waals surface area contributed by atoms with Crippen LogP contribution in [-0.4, -0.2) is 56.2 Å². The van der Waals surface area contributed by atoms with Crippen LogP contribution in [0.4, 0.5) is 5.82 Å². The third-order valence-corrected chi connectivity index (χ3v) is 4.87. The summed E-state index contributed by atoms with van der Waals surface area (Å²) >= 11 is 0. The highest BCUT2D eigenvalue weighted by molar-refractivity contribution is 7.89. The molecule has 0 radical (unpaired) electrons. The minimum Gasteiger partial charge on any atom is -0.372 e. The number of rotatable bonds is 12. The van der Waals surface area contributed by atoms with Gasteiger partial charge in [0.15, 0.2) is 0 Å². The van der Waals surface area contributed by atoms with Crippen LogP contribution in [0.25, 0.3) is 22.5 Å². The van der Waals surface area contributed by atoms with Gasteiger partial charge in [0.25, 0.3) is 5.91 Å². The molecule has 0 saturated heterocycles. The number of benzene rings is 2. The summed E-state index contributed by atoms with van der Waals surface area (Å²) in [4.78, 5) is 20.8. The van der Waals surface area contributed by atoms with Crippen molar-refractivity contribution in [2.24, 2.45) is 0 Å². The molecular weight excluding hydrogens is 464 g/mol. The van der Waals surface area contributed by atoms with Gasteiger partial charge in [-0.25, -0.2) is 13.4 Å². The fourth-order valence-corrected chi connectivity index (χ4v) is 3.36. The van der Waals surface area contributed by atoms with Crippen LogP contribution in [0.2, 0.25) is 0 Å². The largest absolute Gasteiger partial charge is 0.372 e. The zero-order valence-corrected chi connectivity index (χ0v) is 19.8. The molecule has 0 spiro atoms. The number of sulfonamides is 1. The van der Waals surface area contributed by atoms with Crippen LogP contribution < -0.4 is 9.62 Å². The molecule has 0 fully saturated rings. The summed E-state index contributed by atoms with van der Waals surface area (Å²) in [5, 5.41) is 0. The Labute approximate surface area is 224 Å². The van der Waals surface area contributed by atoms with E-state index in [-0.39, 0.29) is 16.3 Å². The molecule has 1 heterocycles. The van der Waals surface area contributed by atoms with Crippen molar-refractivity contribution in [1.29, 1.82) is 0 Å². The van der Waals surface area contributed by atoms with Gasteiger partial charge in [-0.3, -0.25) is 14.5 Å². The van der Waals surface area contributed by atoms with Gasteiger partial charge in [-0.2, -0.15) is 0 Å². The number of nitrogens with zero attached hydrogens (tertiary/aromatic N) is 3. The Morgan fingerprint density at radius 1 is 1.11 bits per heavy atom. The summed E-state index contributed by atoms with van der Waals surface area (Å²) in [6.07, 6.45) is -6.62. The minimum absolute atomic E-state index is 0.0749. The van der Waals surface area contributed by atoms with Gasteiger partial charge in [0.05, 0.1) is 28.0 Å². The topological polar surface area (TPSA) is 101 Å². The Bertz CT molecular complexity index is 1690. The second kappa shape index (κ2) is 12.4. The molecule has 2 aromatic carbocycles. The molecular formula is C26H32N4O4S. The Kier molecular flexibility index (Phi) is 5.08. The summed E-state index contributed by atoms with van der Waals surface area (Å²) in [5.41, 5.74) is 1.33. The fraction of sp³-hybridized carbons (Fsp3) is 0.346. The van der Waals surface area contributed by atoms with Crippen LogP contribution in [0, 0.1) is 0 Å². The normalized spacial score (nSPS) is 20.2. The molecule has 0 aliphatic carbocycles. The number of carbonyl (C=O) groups excluding carboxylic acids is 1. The summed E-state index contributed by atoms with van der Waals surface area (Å²) in [6.45, 7) is -11.8. The predicted octanol–water partition coefficient (Wildman–Crippen LogP) is 3.90. The Hall–Kier alpha value is -3.30. The molecule has 1 amide bonds. The molecule has 186 valence electrons. The van der Waals surface area contributed by atoms with E-state index >= 15 is 0 Å². The van der Waals surface area contributed by atoms with Gasteiger partial charge in [-0.1, -0.05) is 60.7 Å². The number of amides is 1. The third-order valence-electron chi connectivity index (χ3n) is 4.27. The molecule has 8 nitrogen and oxygen atoms in total. The molecule has 0 saturated carbocycles. The molecule has 0 aliphatic rings. The van der Waals surface area contributed by atoms with Gasteiger partial charge < -0.3 is 9.64 Å². The lowest BCUT2D eigenvalue weighted by Gasteiger charge is -2.28. The maximum Gasteiger partial charge on any atom is 0.259 e. The molecule has 9 heteroatoms. The Morgan fingerprint density at radius 3 is 2.34 bits per heavy atom. The second-order valence-corrected chi connectivity index (χ2v) is 8.88. The lowest BCUT2D eigenvalue weighted by atomic mass is 10.0. The maximum atomic E-state index is 11.9. The Morgan fingerprint density at radius 2 is 1.74 bits per heavy atom. The molecule has 1 aromatic heterocycles. The summed E-state index contributed by atoms with van der Waals surface area (Å²) < 4.78 is 130. The van der Waals surface area contributed by atoms with E-state index in [1.807, 2.05) is 0 Å². The van der Waals surface area contributed by atoms with Crippen molar-refractivity contribution in [1.82, 2.24) is 14.7 Å². The summed E-state index contributed by atoms with van der Waals surface area (Å²) in [5.74, 6) is -2.13. The zero-order valence-electron chi connectivity index (χ0n) is 30.9. The number of ether oxygens (including phenoxy) is 1. The van der Waals surface area contributed by atoms with Crippen molar-refractivity contribution in [3.05, 3.63) is 66.9 Å². The van der Waals surface area contributed by atoms with E-state index in [1.165, 1.54) is 4.72 Å². The van der Waals surface area contributed by atoms with E-state index in [2.05, 4.69) is 14.7 Å². The third kappa shape index (κ3) is 8.15. The molecule has 3 aromatic rings. The summed E-state index contributed by atoms with van der Waals surface area (Å²) in [6, 6.07) is 13.8. The number of hydrogen-bond acceptors (Lipinski definition) is 7. The quantitative estimate of drug-likeness (QED) is 0.396. The van der Waals surface area contributed by atoms with Crippen molar-refractivity contribution < 1.29 is 34.4 Å². The number of nitrogens with one attached hydrogen (secondary N) is 1. The van der Waals surface area contributed by atoms with Crippen molar-refractivity contribution in [3.8, 4) is 22.5 Å². The van der Waals surface area contributed by atoms with Gasteiger partial charge in [0.1, 0.15) is 12.4 Å². The van der Waals surface area contributed by atoms with E-state index in [9.17, 15) is 13.2 Å². The zero-order chi connectivity index (χ0) is 35.9. The fourth-order valence-electron chi connectivity index (χ4n) is 2.89. The first-order chi connectivity index (χ1) is 21.3. The van der Waals surface area contributed by atoms with Gasteiger partial charge in [0, 0.05) is 42.5 Å². The molecule has 35 heavy (non-hydrogen) atoms. The van der Waals surface area contributed by atoms with Gasteiger partial charge in [-0.15, -0.1) is 0 Å². The van der Waals surface area contributed by atoms with E-state index in [4.69, 9.17) is 16.4 Å². The monoisotopic (exact) mass is 508 g/mol. The van der Waals surface area contributed by atoms with Crippen molar-refractivity contribution in [2.75, 3.05) is 30.8 Å². The molecule has 1 atom stereocenters.